The van der Waals surface area contributed by atoms with Crippen LogP contribution < -0.4 is 0 Å². The summed E-state index contributed by atoms with van der Waals surface area (Å²) in [6.45, 7) is 0. The summed E-state index contributed by atoms with van der Waals surface area (Å²) in [5, 5.41) is 17.4. The molecule has 0 saturated heterocycles. The zero-order valence-corrected chi connectivity index (χ0v) is 9.42. The van der Waals surface area contributed by atoms with E-state index < -0.39 is 0 Å². The summed E-state index contributed by atoms with van der Waals surface area (Å²) in [6, 6.07) is 12.3. The molecule has 0 atom stereocenters. The second kappa shape index (κ2) is 6.11. The lowest BCUT2D eigenvalue weighted by atomic mass is 9.94. The van der Waals surface area contributed by atoms with Crippen LogP contribution in [0.3, 0.4) is 0 Å². The Morgan fingerprint density at radius 3 is 2.33 bits per heavy atom. The van der Waals surface area contributed by atoms with E-state index in [0.717, 1.165) is 10.5 Å². The van der Waals surface area contributed by atoms with E-state index in [4.69, 9.17) is 10.5 Å². The van der Waals surface area contributed by atoms with Gasteiger partial charge < -0.3 is 0 Å². The van der Waals surface area contributed by atoms with Crippen molar-refractivity contribution in [2.24, 2.45) is 0 Å². The number of thioether (sulfide) groups is 1. The zero-order valence-electron chi connectivity index (χ0n) is 8.60. The van der Waals surface area contributed by atoms with Crippen molar-refractivity contribution in [3.05, 3.63) is 29.8 Å². The number of rotatable bonds is 4. The van der Waals surface area contributed by atoms with E-state index in [1.165, 1.54) is 0 Å². The number of hydrogen-bond acceptors (Lipinski definition) is 3. The van der Waals surface area contributed by atoms with E-state index in [-0.39, 0.29) is 5.92 Å². The minimum absolute atomic E-state index is 0.0450. The molecule has 1 aromatic carbocycles. The van der Waals surface area contributed by atoms with Crippen molar-refractivity contribution < 1.29 is 0 Å². The first-order chi connectivity index (χ1) is 7.33. The van der Waals surface area contributed by atoms with Crippen molar-refractivity contribution in [2.75, 3.05) is 6.26 Å². The first-order valence-electron chi connectivity index (χ1n) is 4.70. The molecule has 76 valence electrons. The van der Waals surface area contributed by atoms with Crippen LogP contribution in [0.25, 0.3) is 0 Å². The van der Waals surface area contributed by atoms with Crippen molar-refractivity contribution in [1.29, 1.82) is 10.5 Å². The molecule has 0 saturated carbocycles. The molecule has 0 aliphatic rings. The second-order valence-corrected chi connectivity index (χ2v) is 4.01. The van der Waals surface area contributed by atoms with Crippen LogP contribution in [0.1, 0.15) is 24.3 Å². The molecule has 0 fully saturated rings. The smallest absolute Gasteiger partial charge is 0.0628 e. The van der Waals surface area contributed by atoms with Gasteiger partial charge in [0, 0.05) is 23.7 Å². The van der Waals surface area contributed by atoms with E-state index >= 15 is 0 Å². The average Bonchev–Trinajstić information content (AvgIpc) is 2.29. The largest absolute Gasteiger partial charge is 0.198 e. The van der Waals surface area contributed by atoms with Crippen molar-refractivity contribution in [1.82, 2.24) is 0 Å². The van der Waals surface area contributed by atoms with Gasteiger partial charge in [0.05, 0.1) is 12.1 Å². The van der Waals surface area contributed by atoms with Gasteiger partial charge in [-0.05, 0) is 17.9 Å². The fourth-order valence-electron chi connectivity index (χ4n) is 1.52. The van der Waals surface area contributed by atoms with Gasteiger partial charge in [-0.15, -0.1) is 11.8 Å². The van der Waals surface area contributed by atoms with Crippen LogP contribution in [0.2, 0.25) is 0 Å². The number of hydrogen-bond donors (Lipinski definition) is 0. The van der Waals surface area contributed by atoms with Gasteiger partial charge in [0.2, 0.25) is 0 Å². The normalized spacial score (nSPS) is 9.60. The Bertz CT molecular complexity index is 385. The van der Waals surface area contributed by atoms with Gasteiger partial charge in [0.1, 0.15) is 0 Å². The molecule has 0 N–H and O–H groups in total. The predicted octanol–water partition coefficient (Wildman–Crippen LogP) is 3.32. The van der Waals surface area contributed by atoms with Crippen molar-refractivity contribution in [2.45, 2.75) is 23.7 Å². The van der Waals surface area contributed by atoms with Gasteiger partial charge in [-0.3, -0.25) is 0 Å². The van der Waals surface area contributed by atoms with Crippen molar-refractivity contribution in [3.8, 4) is 12.1 Å². The summed E-state index contributed by atoms with van der Waals surface area (Å²) >= 11 is 1.66. The van der Waals surface area contributed by atoms with E-state index in [1.54, 1.807) is 11.8 Å². The maximum atomic E-state index is 8.72. The third-order valence-corrected chi connectivity index (χ3v) is 3.07. The Hall–Kier alpha value is -1.45. The molecule has 0 amide bonds. The Morgan fingerprint density at radius 2 is 1.80 bits per heavy atom. The Morgan fingerprint density at radius 1 is 1.20 bits per heavy atom. The lowest BCUT2D eigenvalue weighted by Crippen LogP contribution is -1.98. The van der Waals surface area contributed by atoms with Crippen LogP contribution in [0.15, 0.2) is 29.2 Å². The molecule has 0 spiro atoms. The molecule has 0 aliphatic carbocycles. The number of nitriles is 2. The highest BCUT2D eigenvalue weighted by molar-refractivity contribution is 7.98. The topological polar surface area (TPSA) is 47.6 Å². The lowest BCUT2D eigenvalue weighted by molar-refractivity contribution is 0.712. The van der Waals surface area contributed by atoms with Gasteiger partial charge in [-0.2, -0.15) is 10.5 Å². The summed E-state index contributed by atoms with van der Waals surface area (Å²) in [4.78, 5) is 1.16. The molecule has 3 heteroatoms. The molecule has 1 rings (SSSR count). The molecule has 15 heavy (non-hydrogen) atoms. The monoisotopic (exact) mass is 216 g/mol. The quantitative estimate of drug-likeness (QED) is 0.725. The number of nitrogens with zero attached hydrogens (tertiary/aromatic N) is 2. The van der Waals surface area contributed by atoms with Crippen molar-refractivity contribution in [3.63, 3.8) is 0 Å². The molecule has 2 nitrogen and oxygen atoms in total. The zero-order chi connectivity index (χ0) is 11.1. The van der Waals surface area contributed by atoms with Crippen LogP contribution in [0.4, 0.5) is 0 Å². The molecule has 0 aromatic heterocycles. The lowest BCUT2D eigenvalue weighted by Gasteiger charge is -2.13. The Balaban J connectivity index is 3.00. The van der Waals surface area contributed by atoms with E-state index in [0.29, 0.717) is 12.8 Å². The summed E-state index contributed by atoms with van der Waals surface area (Å²) in [6.07, 6.45) is 2.82. The molecule has 0 aliphatic heterocycles. The van der Waals surface area contributed by atoms with Crippen LogP contribution >= 0.6 is 11.8 Å². The van der Waals surface area contributed by atoms with Gasteiger partial charge in [-0.1, -0.05) is 18.2 Å². The highest BCUT2D eigenvalue weighted by Gasteiger charge is 2.13. The predicted molar refractivity (Wildman–Crippen MR) is 61.4 cm³/mol. The third-order valence-electron chi connectivity index (χ3n) is 2.25. The number of benzene rings is 1. The van der Waals surface area contributed by atoms with Crippen LogP contribution in [-0.2, 0) is 0 Å². The maximum absolute atomic E-state index is 8.72. The molecule has 0 unspecified atom stereocenters. The van der Waals surface area contributed by atoms with Gasteiger partial charge in [0.25, 0.3) is 0 Å². The molecule has 0 radical (unpaired) electrons. The molecule has 0 heterocycles. The van der Waals surface area contributed by atoms with E-state index in [9.17, 15) is 0 Å². The van der Waals surface area contributed by atoms with Crippen molar-refractivity contribution >= 4 is 11.8 Å². The van der Waals surface area contributed by atoms with Crippen LogP contribution in [0.5, 0.6) is 0 Å². The summed E-state index contributed by atoms with van der Waals surface area (Å²) in [5.41, 5.74) is 1.12. The van der Waals surface area contributed by atoms with Gasteiger partial charge >= 0.3 is 0 Å². The van der Waals surface area contributed by atoms with E-state index in [2.05, 4.69) is 12.1 Å². The minimum Gasteiger partial charge on any atom is -0.198 e. The fraction of sp³-hybridized carbons (Fsp3) is 0.333. The van der Waals surface area contributed by atoms with Crippen LogP contribution in [-0.4, -0.2) is 6.26 Å². The van der Waals surface area contributed by atoms with Crippen LogP contribution in [0, 0.1) is 22.7 Å². The standard InChI is InChI=1S/C12H12N2S/c1-15-12-5-3-2-4-11(12)10(6-8-13)7-9-14/h2-5,10H,6-7H2,1H3. The highest BCUT2D eigenvalue weighted by Crippen LogP contribution is 2.30. The molecular formula is C12H12N2S. The van der Waals surface area contributed by atoms with Gasteiger partial charge in [-0.25, -0.2) is 0 Å². The average molecular weight is 216 g/mol. The summed E-state index contributed by atoms with van der Waals surface area (Å²) in [5.74, 6) is 0.0450. The molecule has 1 aromatic rings. The van der Waals surface area contributed by atoms with E-state index in [1.807, 2.05) is 30.5 Å². The summed E-state index contributed by atoms with van der Waals surface area (Å²) < 4.78 is 0. The first-order valence-corrected chi connectivity index (χ1v) is 5.92. The Kier molecular flexibility index (Phi) is 4.74. The third kappa shape index (κ3) is 3.01. The summed E-state index contributed by atoms with van der Waals surface area (Å²) in [7, 11) is 0. The highest BCUT2D eigenvalue weighted by atomic mass is 32.2. The van der Waals surface area contributed by atoms with Gasteiger partial charge in [0.15, 0.2) is 0 Å². The SMILES string of the molecule is CSc1ccccc1C(CC#N)CC#N. The fourth-order valence-corrected chi connectivity index (χ4v) is 2.20. The first kappa shape index (κ1) is 11.6. The molecular weight excluding hydrogens is 204 g/mol. The minimum atomic E-state index is 0.0450. The Labute approximate surface area is 94.5 Å². The maximum Gasteiger partial charge on any atom is 0.0628 e. The molecule has 0 bridgehead atoms. The second-order valence-electron chi connectivity index (χ2n) is 3.16.